The van der Waals surface area contributed by atoms with Crippen LogP contribution in [0.1, 0.15) is 22.3 Å². The molecule has 0 saturated carbocycles. The second-order valence-corrected chi connectivity index (χ2v) is 6.58. The van der Waals surface area contributed by atoms with Crippen LogP contribution in [0.3, 0.4) is 0 Å². The molecule has 1 aliphatic heterocycles. The van der Waals surface area contributed by atoms with Crippen molar-refractivity contribution in [1.82, 2.24) is 15.2 Å². The van der Waals surface area contributed by atoms with Crippen molar-refractivity contribution in [2.75, 3.05) is 16.8 Å². The summed E-state index contributed by atoms with van der Waals surface area (Å²) >= 11 is 0. The van der Waals surface area contributed by atoms with E-state index >= 15 is 0 Å². The molecule has 4 rings (SSSR count). The predicted molar refractivity (Wildman–Crippen MR) is 100 cm³/mol. The van der Waals surface area contributed by atoms with Gasteiger partial charge in [0.15, 0.2) is 5.82 Å². The Hall–Kier alpha value is -2.95. The third kappa shape index (κ3) is 3.45. The zero-order chi connectivity index (χ0) is 17.2. The molecule has 1 aromatic heterocycles. The molecule has 2 aromatic carbocycles. The van der Waals surface area contributed by atoms with Gasteiger partial charge in [0.25, 0.3) is 0 Å². The summed E-state index contributed by atoms with van der Waals surface area (Å²) in [5.74, 6) is 1.39. The smallest absolute Gasteiger partial charge is 0.247 e. The van der Waals surface area contributed by atoms with Crippen molar-refractivity contribution in [2.24, 2.45) is 0 Å². The van der Waals surface area contributed by atoms with Gasteiger partial charge in [0.2, 0.25) is 5.95 Å². The molecule has 0 fully saturated rings. The van der Waals surface area contributed by atoms with Gasteiger partial charge in [-0.25, -0.2) is 0 Å². The summed E-state index contributed by atoms with van der Waals surface area (Å²) in [6, 6.07) is 14.9. The van der Waals surface area contributed by atoms with Gasteiger partial charge in [-0.05, 0) is 54.7 Å². The van der Waals surface area contributed by atoms with Crippen LogP contribution in [0.4, 0.5) is 17.5 Å². The highest BCUT2D eigenvalue weighted by Gasteiger charge is 2.18. The van der Waals surface area contributed by atoms with Gasteiger partial charge in [-0.1, -0.05) is 30.3 Å². The molecule has 5 nitrogen and oxygen atoms in total. The fourth-order valence-corrected chi connectivity index (χ4v) is 3.35. The Morgan fingerprint density at radius 2 is 1.76 bits per heavy atom. The van der Waals surface area contributed by atoms with Crippen molar-refractivity contribution in [3.63, 3.8) is 0 Å². The first-order valence-electron chi connectivity index (χ1n) is 8.54. The van der Waals surface area contributed by atoms with Crippen LogP contribution < -0.4 is 10.2 Å². The van der Waals surface area contributed by atoms with E-state index in [-0.39, 0.29) is 0 Å². The van der Waals surface area contributed by atoms with Gasteiger partial charge in [0.05, 0.1) is 6.20 Å². The molecule has 0 unspecified atom stereocenters. The maximum atomic E-state index is 4.67. The summed E-state index contributed by atoms with van der Waals surface area (Å²) in [6.45, 7) is 5.91. The van der Waals surface area contributed by atoms with Crippen molar-refractivity contribution in [3.05, 3.63) is 70.9 Å². The van der Waals surface area contributed by atoms with Gasteiger partial charge in [-0.2, -0.15) is 10.1 Å². The molecule has 0 radical (unpaired) electrons. The van der Waals surface area contributed by atoms with Crippen LogP contribution in [0.15, 0.2) is 48.7 Å². The van der Waals surface area contributed by atoms with E-state index in [0.29, 0.717) is 11.8 Å². The minimum absolute atomic E-state index is 0.670. The molecule has 0 atom stereocenters. The lowest BCUT2D eigenvalue weighted by atomic mass is 10.0. The normalized spacial score (nSPS) is 13.4. The van der Waals surface area contributed by atoms with Gasteiger partial charge in [0, 0.05) is 18.8 Å². The molecule has 0 saturated heterocycles. The number of anilines is 3. The van der Waals surface area contributed by atoms with E-state index in [1.54, 1.807) is 6.20 Å². The number of aromatic nitrogens is 3. The minimum atomic E-state index is 0.670. The highest BCUT2D eigenvalue weighted by molar-refractivity contribution is 5.58. The van der Waals surface area contributed by atoms with Gasteiger partial charge in [-0.3, -0.25) is 0 Å². The van der Waals surface area contributed by atoms with Crippen molar-refractivity contribution < 1.29 is 0 Å². The monoisotopic (exact) mass is 331 g/mol. The van der Waals surface area contributed by atoms with E-state index in [1.165, 1.54) is 22.3 Å². The highest BCUT2D eigenvalue weighted by Crippen LogP contribution is 2.23. The maximum absolute atomic E-state index is 4.67. The minimum Gasteiger partial charge on any atom is -0.339 e. The molecular weight excluding hydrogens is 310 g/mol. The number of aryl methyl sites for hydroxylation is 2. The summed E-state index contributed by atoms with van der Waals surface area (Å²) in [4.78, 5) is 6.85. The number of nitrogens with one attached hydrogen (secondary N) is 1. The van der Waals surface area contributed by atoms with Crippen molar-refractivity contribution in [2.45, 2.75) is 26.8 Å². The molecule has 25 heavy (non-hydrogen) atoms. The average molecular weight is 331 g/mol. The van der Waals surface area contributed by atoms with Crippen LogP contribution in [-0.4, -0.2) is 21.7 Å². The Labute approximate surface area is 147 Å². The van der Waals surface area contributed by atoms with Gasteiger partial charge in [0.1, 0.15) is 0 Å². The van der Waals surface area contributed by atoms with Crippen LogP contribution in [0.2, 0.25) is 0 Å². The van der Waals surface area contributed by atoms with Crippen LogP contribution >= 0.6 is 0 Å². The lowest BCUT2D eigenvalue weighted by molar-refractivity contribution is 0.698. The first-order chi connectivity index (χ1) is 12.2. The third-order valence-corrected chi connectivity index (χ3v) is 4.46. The number of fused-ring (bicyclic) bond motifs is 1. The zero-order valence-corrected chi connectivity index (χ0v) is 14.5. The molecule has 2 heterocycles. The van der Waals surface area contributed by atoms with Gasteiger partial charge in [-0.15, -0.1) is 5.10 Å². The Morgan fingerprint density at radius 1 is 1.00 bits per heavy atom. The number of hydrogen-bond acceptors (Lipinski definition) is 5. The summed E-state index contributed by atoms with van der Waals surface area (Å²) in [5.41, 5.74) is 6.21. The van der Waals surface area contributed by atoms with E-state index < -0.39 is 0 Å². The van der Waals surface area contributed by atoms with Gasteiger partial charge < -0.3 is 10.2 Å². The molecule has 1 aliphatic rings. The quantitative estimate of drug-likeness (QED) is 0.791. The van der Waals surface area contributed by atoms with Crippen LogP contribution in [0, 0.1) is 13.8 Å². The summed E-state index contributed by atoms with van der Waals surface area (Å²) < 4.78 is 0. The fourth-order valence-electron chi connectivity index (χ4n) is 3.35. The zero-order valence-electron chi connectivity index (χ0n) is 14.5. The summed E-state index contributed by atoms with van der Waals surface area (Å²) in [6.07, 6.45) is 2.67. The Bertz CT molecular complexity index is 886. The Balaban J connectivity index is 1.56. The number of rotatable bonds is 3. The SMILES string of the molecule is Cc1cc(C)cc(Nc2cnnc(N3CCc4ccccc4C3)n2)c1. The van der Waals surface area contributed by atoms with Crippen LogP contribution in [-0.2, 0) is 13.0 Å². The second kappa shape index (κ2) is 6.51. The molecule has 0 bridgehead atoms. The summed E-state index contributed by atoms with van der Waals surface area (Å²) in [7, 11) is 0. The summed E-state index contributed by atoms with van der Waals surface area (Å²) in [5, 5.41) is 11.7. The number of benzene rings is 2. The molecule has 126 valence electrons. The molecule has 5 heteroatoms. The van der Waals surface area contributed by atoms with Crippen LogP contribution in [0.25, 0.3) is 0 Å². The number of hydrogen-bond donors (Lipinski definition) is 1. The van der Waals surface area contributed by atoms with E-state index in [9.17, 15) is 0 Å². The molecule has 3 aromatic rings. The molecule has 0 spiro atoms. The van der Waals surface area contributed by atoms with E-state index in [1.807, 2.05) is 0 Å². The van der Waals surface area contributed by atoms with Crippen molar-refractivity contribution in [3.8, 4) is 0 Å². The van der Waals surface area contributed by atoms with E-state index in [2.05, 4.69) is 81.7 Å². The predicted octanol–water partition coefficient (Wildman–Crippen LogP) is 3.79. The Kier molecular flexibility index (Phi) is 4.06. The highest BCUT2D eigenvalue weighted by atomic mass is 15.3. The van der Waals surface area contributed by atoms with Gasteiger partial charge >= 0.3 is 0 Å². The molecule has 0 amide bonds. The van der Waals surface area contributed by atoms with Crippen molar-refractivity contribution in [1.29, 1.82) is 0 Å². The molecule has 0 aliphatic carbocycles. The first-order valence-corrected chi connectivity index (χ1v) is 8.54. The molecule has 1 N–H and O–H groups in total. The number of nitrogens with zero attached hydrogens (tertiary/aromatic N) is 4. The lowest BCUT2D eigenvalue weighted by Crippen LogP contribution is -2.32. The average Bonchev–Trinajstić information content (AvgIpc) is 2.61. The standard InChI is InChI=1S/C20H21N5/c1-14-9-15(2)11-18(10-14)22-19-12-21-24-20(23-19)25-8-7-16-5-3-4-6-17(16)13-25/h3-6,9-12H,7-8,13H2,1-2H3,(H,22,23,24). The topological polar surface area (TPSA) is 53.9 Å². The second-order valence-electron chi connectivity index (χ2n) is 6.58. The van der Waals surface area contributed by atoms with E-state index in [0.717, 1.165) is 25.2 Å². The third-order valence-electron chi connectivity index (χ3n) is 4.46. The Morgan fingerprint density at radius 3 is 2.56 bits per heavy atom. The molecular formula is C20H21N5. The van der Waals surface area contributed by atoms with E-state index in [4.69, 9.17) is 0 Å². The maximum Gasteiger partial charge on any atom is 0.247 e. The van der Waals surface area contributed by atoms with Crippen LogP contribution in [0.5, 0.6) is 0 Å². The largest absolute Gasteiger partial charge is 0.339 e. The van der Waals surface area contributed by atoms with Crippen molar-refractivity contribution >= 4 is 17.5 Å². The first kappa shape index (κ1) is 15.6. The fraction of sp³-hybridized carbons (Fsp3) is 0.250. The lowest BCUT2D eigenvalue weighted by Gasteiger charge is -2.28.